The Morgan fingerprint density at radius 1 is 0.587 bits per heavy atom. The summed E-state index contributed by atoms with van der Waals surface area (Å²) < 4.78 is 30.4. The van der Waals surface area contributed by atoms with Crippen LogP contribution in [0.3, 0.4) is 0 Å². The Morgan fingerprint density at radius 3 is 1.67 bits per heavy atom. The molecule has 0 aliphatic carbocycles. The van der Waals surface area contributed by atoms with Crippen LogP contribution in [0.15, 0.2) is 72.9 Å². The summed E-state index contributed by atoms with van der Waals surface area (Å²) in [6.07, 6.45) is 53.5. The second-order valence-electron chi connectivity index (χ2n) is 18.0. The highest BCUT2D eigenvalue weighted by Gasteiger charge is 2.30. The molecule has 1 amide bonds. The second kappa shape index (κ2) is 43.3. The molecule has 0 saturated carbocycles. The molecule has 364 valence electrons. The molecule has 63 heavy (non-hydrogen) atoms. The third kappa shape index (κ3) is 44.4. The number of likely N-dealkylation sites (N-methyl/N-ethyl adjacent to an activating group) is 1. The highest BCUT2D eigenvalue weighted by atomic mass is 31.2. The number of carbonyl (C=O) groups excluding carboxylic acids is 2. The lowest BCUT2D eigenvalue weighted by Crippen LogP contribution is -2.47. The summed E-state index contributed by atoms with van der Waals surface area (Å²) in [5, 5.41) is 2.98. The fourth-order valence-electron chi connectivity index (χ4n) is 6.75. The molecule has 0 aliphatic heterocycles. The zero-order chi connectivity index (χ0) is 46.5. The van der Waals surface area contributed by atoms with Gasteiger partial charge in [-0.2, -0.15) is 0 Å². The lowest BCUT2D eigenvalue weighted by molar-refractivity contribution is -0.870. The van der Waals surface area contributed by atoms with E-state index in [9.17, 15) is 19.0 Å². The molecule has 0 saturated heterocycles. The van der Waals surface area contributed by atoms with Gasteiger partial charge in [0.25, 0.3) is 0 Å². The zero-order valence-corrected chi connectivity index (χ0v) is 42.2. The first-order valence-electron chi connectivity index (χ1n) is 25.3. The molecule has 2 N–H and O–H groups in total. The van der Waals surface area contributed by atoms with Crippen LogP contribution in [0.4, 0.5) is 0 Å². The predicted octanol–water partition coefficient (Wildman–Crippen LogP) is 14.5. The fraction of sp³-hybridized carbons (Fsp3) is 0.736. The van der Waals surface area contributed by atoms with Crippen molar-refractivity contribution in [3.63, 3.8) is 0 Å². The Bertz CT molecular complexity index is 1320. The van der Waals surface area contributed by atoms with Gasteiger partial charge >= 0.3 is 13.8 Å². The Kier molecular flexibility index (Phi) is 41.6. The summed E-state index contributed by atoms with van der Waals surface area (Å²) in [6.45, 7) is 6.77. The second-order valence-corrected chi connectivity index (χ2v) is 19.5. The lowest BCUT2D eigenvalue weighted by Gasteiger charge is -2.27. The van der Waals surface area contributed by atoms with Gasteiger partial charge in [0.05, 0.1) is 33.8 Å². The molecule has 0 fully saturated rings. The van der Waals surface area contributed by atoms with Crippen molar-refractivity contribution < 1.29 is 37.3 Å². The summed E-state index contributed by atoms with van der Waals surface area (Å²) in [7, 11) is 1.44. The lowest BCUT2D eigenvalue weighted by atomic mass is 10.1. The van der Waals surface area contributed by atoms with Gasteiger partial charge in [0, 0.05) is 12.8 Å². The number of hydrogen-bond donors (Lipinski definition) is 2. The number of carbonyl (C=O) groups is 2. The number of unbranched alkanes of at least 4 members (excludes halogenated alkanes) is 20. The number of rotatable bonds is 44. The third-order valence-corrected chi connectivity index (χ3v) is 11.7. The molecule has 0 rings (SSSR count). The largest absolute Gasteiger partial charge is 0.472 e. The maximum Gasteiger partial charge on any atom is 0.472 e. The van der Waals surface area contributed by atoms with Crippen LogP contribution < -0.4 is 5.32 Å². The van der Waals surface area contributed by atoms with Gasteiger partial charge < -0.3 is 19.4 Å². The van der Waals surface area contributed by atoms with Gasteiger partial charge in [-0.1, -0.05) is 190 Å². The average Bonchev–Trinajstić information content (AvgIpc) is 3.23. The van der Waals surface area contributed by atoms with Gasteiger partial charge in [-0.25, -0.2) is 4.57 Å². The Morgan fingerprint density at radius 2 is 1.10 bits per heavy atom. The van der Waals surface area contributed by atoms with Crippen molar-refractivity contribution >= 4 is 19.7 Å². The normalized spacial score (nSPS) is 14.6. The molecular weight excluding hydrogens is 808 g/mol. The first-order chi connectivity index (χ1) is 30.4. The summed E-state index contributed by atoms with van der Waals surface area (Å²) in [5.74, 6) is -0.615. The molecule has 0 radical (unpaired) electrons. The Hall–Kier alpha value is -2.55. The molecule has 3 atom stereocenters. The smallest absolute Gasteiger partial charge is 0.456 e. The SMILES string of the molecule is CC/C=C/C=C/C=C\CCCCCCCC(=O)OC(/C=C/CCCCCCCCCCC)C(COP(=O)(O)OCC[N+](C)(C)C)NC(=O)CC/C=C/C/C=C\CCCCCCCC. The number of nitrogens with zero attached hydrogens (tertiary/aromatic N) is 1. The molecular formula is C53H96N2O7P+. The number of nitrogens with one attached hydrogen (secondary N) is 1. The molecule has 0 bridgehead atoms. The van der Waals surface area contributed by atoms with Crippen molar-refractivity contribution in [2.45, 2.75) is 213 Å². The number of phosphoric acid groups is 1. The predicted molar refractivity (Wildman–Crippen MR) is 268 cm³/mol. The summed E-state index contributed by atoms with van der Waals surface area (Å²) in [4.78, 5) is 37.3. The van der Waals surface area contributed by atoms with Crippen molar-refractivity contribution in [1.82, 2.24) is 5.32 Å². The van der Waals surface area contributed by atoms with Crippen molar-refractivity contribution in [3.05, 3.63) is 72.9 Å². The van der Waals surface area contributed by atoms with Crippen molar-refractivity contribution in [2.75, 3.05) is 40.9 Å². The van der Waals surface area contributed by atoms with Crippen LogP contribution in [-0.4, -0.2) is 74.3 Å². The van der Waals surface area contributed by atoms with Gasteiger partial charge in [0.1, 0.15) is 19.3 Å². The highest BCUT2D eigenvalue weighted by molar-refractivity contribution is 7.47. The van der Waals surface area contributed by atoms with Crippen molar-refractivity contribution in [2.24, 2.45) is 0 Å². The standard InChI is InChI=1S/C53H95N2O7P/c1-7-10-13-16-19-22-25-27-30-33-36-39-42-45-52(56)54-50(49-61-63(58,59)60-48-47-55(4,5)6)51(44-41-38-35-32-29-24-21-18-15-12-9-3)62-53(57)46-43-40-37-34-31-28-26-23-20-17-14-11-8-2/h11,14,17,20,23,26-27,30,36,39,41,44,50-51H,7-10,12-13,15-16,18-19,21-22,24-25,28-29,31-35,37-38,40,42-43,45-49H2,1-6H3,(H-,54,56,58,59)/p+1/b14-11+,20-17+,26-23-,30-27-,39-36+,44-41+. The van der Waals surface area contributed by atoms with E-state index in [1.807, 2.05) is 45.4 Å². The quantitative estimate of drug-likeness (QED) is 0.0156. The first kappa shape index (κ1) is 60.5. The summed E-state index contributed by atoms with van der Waals surface area (Å²) in [5.41, 5.74) is 0. The number of quaternary nitrogens is 1. The highest BCUT2D eigenvalue weighted by Crippen LogP contribution is 2.43. The van der Waals surface area contributed by atoms with Crippen LogP contribution in [0, 0.1) is 0 Å². The minimum Gasteiger partial charge on any atom is -0.456 e. The number of phosphoric ester groups is 1. The molecule has 0 aliphatic rings. The van der Waals surface area contributed by atoms with Crippen LogP contribution in [-0.2, 0) is 27.9 Å². The van der Waals surface area contributed by atoms with E-state index in [1.165, 1.54) is 83.5 Å². The monoisotopic (exact) mass is 904 g/mol. The maximum absolute atomic E-state index is 13.4. The number of esters is 1. The average molecular weight is 904 g/mol. The van der Waals surface area contributed by atoms with E-state index in [1.54, 1.807) is 0 Å². The number of hydrogen-bond acceptors (Lipinski definition) is 6. The molecule has 0 aromatic heterocycles. The van der Waals surface area contributed by atoms with Crippen LogP contribution in [0.2, 0.25) is 0 Å². The topological polar surface area (TPSA) is 111 Å². The van der Waals surface area contributed by atoms with Crippen LogP contribution in [0.1, 0.15) is 201 Å². The van der Waals surface area contributed by atoms with Crippen LogP contribution in [0.5, 0.6) is 0 Å². The van der Waals surface area contributed by atoms with Crippen molar-refractivity contribution in [3.8, 4) is 0 Å². The van der Waals surface area contributed by atoms with Crippen LogP contribution in [0.25, 0.3) is 0 Å². The van der Waals surface area contributed by atoms with E-state index in [4.69, 9.17) is 13.8 Å². The van der Waals surface area contributed by atoms with E-state index >= 15 is 0 Å². The van der Waals surface area contributed by atoms with E-state index in [-0.39, 0.29) is 37.9 Å². The van der Waals surface area contributed by atoms with Gasteiger partial charge in [0.2, 0.25) is 5.91 Å². The molecule has 0 aromatic rings. The first-order valence-corrected chi connectivity index (χ1v) is 26.8. The van der Waals surface area contributed by atoms with Gasteiger partial charge in [0.15, 0.2) is 0 Å². The molecule has 0 spiro atoms. The molecule has 9 nitrogen and oxygen atoms in total. The molecule has 0 heterocycles. The van der Waals surface area contributed by atoms with Crippen molar-refractivity contribution in [1.29, 1.82) is 0 Å². The Balaban J connectivity index is 5.56. The van der Waals surface area contributed by atoms with E-state index < -0.39 is 20.0 Å². The zero-order valence-electron chi connectivity index (χ0n) is 41.3. The Labute approximate surface area is 387 Å². The maximum atomic E-state index is 13.4. The van der Waals surface area contributed by atoms with E-state index in [2.05, 4.69) is 74.7 Å². The molecule has 3 unspecified atom stereocenters. The number of ether oxygens (including phenoxy) is 1. The van der Waals surface area contributed by atoms with Gasteiger partial charge in [-0.3, -0.25) is 18.6 Å². The third-order valence-electron chi connectivity index (χ3n) is 10.7. The minimum absolute atomic E-state index is 0.0247. The van der Waals surface area contributed by atoms with Gasteiger partial charge in [-0.05, 0) is 70.3 Å². The van der Waals surface area contributed by atoms with Crippen LogP contribution >= 0.6 is 7.82 Å². The summed E-state index contributed by atoms with van der Waals surface area (Å²) >= 11 is 0. The summed E-state index contributed by atoms with van der Waals surface area (Å²) in [6, 6.07) is -0.886. The minimum atomic E-state index is -4.46. The fourth-order valence-corrected chi connectivity index (χ4v) is 7.49. The van der Waals surface area contributed by atoms with E-state index in [0.717, 1.165) is 70.6 Å². The van der Waals surface area contributed by atoms with E-state index in [0.29, 0.717) is 23.9 Å². The van der Waals surface area contributed by atoms with Gasteiger partial charge in [-0.15, -0.1) is 0 Å². The molecule has 10 heteroatoms. The molecule has 0 aromatic carbocycles. The number of allylic oxidation sites excluding steroid dienone is 11. The number of amides is 1.